The van der Waals surface area contributed by atoms with E-state index in [4.69, 9.17) is 14.2 Å². The Morgan fingerprint density at radius 2 is 1.64 bits per heavy atom. The van der Waals surface area contributed by atoms with Crippen molar-refractivity contribution in [3.8, 4) is 17.2 Å². The van der Waals surface area contributed by atoms with Crippen LogP contribution in [0.25, 0.3) is 0 Å². The van der Waals surface area contributed by atoms with Crippen molar-refractivity contribution in [2.75, 3.05) is 7.11 Å². The van der Waals surface area contributed by atoms with Crippen LogP contribution in [-0.2, 0) is 11.3 Å². The molecule has 25 heavy (non-hydrogen) atoms. The molecule has 2 rings (SSSR count). The van der Waals surface area contributed by atoms with E-state index in [1.54, 1.807) is 38.3 Å². The second kappa shape index (κ2) is 8.97. The van der Waals surface area contributed by atoms with E-state index in [2.05, 4.69) is 5.32 Å². The van der Waals surface area contributed by atoms with Gasteiger partial charge in [0.2, 0.25) is 0 Å². The Balaban J connectivity index is 1.86. The molecule has 0 spiro atoms. The predicted octanol–water partition coefficient (Wildman–Crippen LogP) is 3.57. The van der Waals surface area contributed by atoms with Gasteiger partial charge in [-0.1, -0.05) is 12.1 Å². The summed E-state index contributed by atoms with van der Waals surface area (Å²) in [5.41, 5.74) is 0.975. The van der Waals surface area contributed by atoms with E-state index in [9.17, 15) is 4.79 Å². The third-order valence-corrected chi connectivity index (χ3v) is 3.48. The molecule has 1 N–H and O–H groups in total. The van der Waals surface area contributed by atoms with E-state index in [1.165, 1.54) is 0 Å². The fourth-order valence-corrected chi connectivity index (χ4v) is 2.25. The van der Waals surface area contributed by atoms with Gasteiger partial charge in [0.15, 0.2) is 6.10 Å². The van der Waals surface area contributed by atoms with E-state index in [-0.39, 0.29) is 12.0 Å². The third-order valence-electron chi connectivity index (χ3n) is 3.48. The monoisotopic (exact) mass is 343 g/mol. The maximum atomic E-state index is 12.2. The molecule has 0 fully saturated rings. The molecule has 1 atom stereocenters. The standard InChI is InChI=1S/C20H25NO4/c1-14(2)24-19-7-5-6-16(12-19)13-21-20(22)15(3)25-18-10-8-17(23-4)9-11-18/h5-12,14-15H,13H2,1-4H3,(H,21,22)/t15-/m1/s1. The van der Waals surface area contributed by atoms with Crippen molar-refractivity contribution in [2.24, 2.45) is 0 Å². The molecular formula is C20H25NO4. The lowest BCUT2D eigenvalue weighted by Gasteiger charge is -2.15. The van der Waals surface area contributed by atoms with Gasteiger partial charge >= 0.3 is 0 Å². The minimum Gasteiger partial charge on any atom is -0.497 e. The number of benzene rings is 2. The quantitative estimate of drug-likeness (QED) is 0.796. The van der Waals surface area contributed by atoms with Crippen LogP contribution in [0.2, 0.25) is 0 Å². The van der Waals surface area contributed by atoms with E-state index in [0.717, 1.165) is 17.1 Å². The van der Waals surface area contributed by atoms with Gasteiger partial charge in [0.25, 0.3) is 5.91 Å². The van der Waals surface area contributed by atoms with Crippen LogP contribution < -0.4 is 19.5 Å². The molecule has 2 aromatic carbocycles. The summed E-state index contributed by atoms with van der Waals surface area (Å²) >= 11 is 0. The first-order valence-electron chi connectivity index (χ1n) is 8.32. The zero-order valence-corrected chi connectivity index (χ0v) is 15.1. The zero-order chi connectivity index (χ0) is 18.2. The molecule has 0 aliphatic heterocycles. The number of methoxy groups -OCH3 is 1. The number of ether oxygens (including phenoxy) is 3. The topological polar surface area (TPSA) is 56.8 Å². The number of hydrogen-bond donors (Lipinski definition) is 1. The second-order valence-electron chi connectivity index (χ2n) is 5.97. The smallest absolute Gasteiger partial charge is 0.261 e. The number of carbonyl (C=O) groups excluding carboxylic acids is 1. The van der Waals surface area contributed by atoms with E-state index in [1.807, 2.05) is 38.1 Å². The molecule has 134 valence electrons. The highest BCUT2D eigenvalue weighted by Crippen LogP contribution is 2.18. The lowest BCUT2D eigenvalue weighted by atomic mass is 10.2. The lowest BCUT2D eigenvalue weighted by Crippen LogP contribution is -2.35. The Kier molecular flexibility index (Phi) is 6.69. The van der Waals surface area contributed by atoms with Gasteiger partial charge in [-0.25, -0.2) is 0 Å². The normalized spacial score (nSPS) is 11.7. The van der Waals surface area contributed by atoms with Crippen LogP contribution in [0.5, 0.6) is 17.2 Å². The summed E-state index contributed by atoms with van der Waals surface area (Å²) in [5.74, 6) is 1.99. The number of hydrogen-bond acceptors (Lipinski definition) is 4. The lowest BCUT2D eigenvalue weighted by molar-refractivity contribution is -0.127. The fourth-order valence-electron chi connectivity index (χ4n) is 2.25. The average Bonchev–Trinajstić information content (AvgIpc) is 2.60. The highest BCUT2D eigenvalue weighted by Gasteiger charge is 2.14. The predicted molar refractivity (Wildman–Crippen MR) is 97.1 cm³/mol. The summed E-state index contributed by atoms with van der Waals surface area (Å²) in [4.78, 5) is 12.2. The van der Waals surface area contributed by atoms with Gasteiger partial charge in [-0.3, -0.25) is 4.79 Å². The second-order valence-corrected chi connectivity index (χ2v) is 5.97. The van der Waals surface area contributed by atoms with Crippen LogP contribution >= 0.6 is 0 Å². The highest BCUT2D eigenvalue weighted by molar-refractivity contribution is 5.80. The molecule has 0 aliphatic rings. The van der Waals surface area contributed by atoms with E-state index < -0.39 is 6.10 Å². The molecule has 5 heteroatoms. The zero-order valence-electron chi connectivity index (χ0n) is 15.1. The molecule has 0 saturated heterocycles. The molecule has 5 nitrogen and oxygen atoms in total. The SMILES string of the molecule is COc1ccc(O[C@H](C)C(=O)NCc2cccc(OC(C)C)c2)cc1. The molecule has 0 unspecified atom stereocenters. The molecule has 0 bridgehead atoms. The van der Waals surface area contributed by atoms with Crippen molar-refractivity contribution in [2.45, 2.75) is 39.5 Å². The molecule has 2 aromatic rings. The first-order valence-corrected chi connectivity index (χ1v) is 8.32. The summed E-state index contributed by atoms with van der Waals surface area (Å²) in [6.07, 6.45) is -0.480. The summed E-state index contributed by atoms with van der Waals surface area (Å²) < 4.78 is 16.4. The minimum absolute atomic E-state index is 0.114. The summed E-state index contributed by atoms with van der Waals surface area (Å²) in [5, 5.41) is 2.88. The number of nitrogens with one attached hydrogen (secondary N) is 1. The third kappa shape index (κ3) is 6.03. The first-order chi connectivity index (χ1) is 12.0. The van der Waals surface area contributed by atoms with Gasteiger partial charge in [0.1, 0.15) is 17.2 Å². The Morgan fingerprint density at radius 1 is 0.960 bits per heavy atom. The van der Waals surface area contributed by atoms with Crippen LogP contribution in [0.3, 0.4) is 0 Å². The van der Waals surface area contributed by atoms with Crippen LogP contribution in [0.4, 0.5) is 0 Å². The average molecular weight is 343 g/mol. The molecule has 0 saturated carbocycles. The fraction of sp³-hybridized carbons (Fsp3) is 0.350. The van der Waals surface area contributed by atoms with Gasteiger partial charge in [-0.15, -0.1) is 0 Å². The Bertz CT molecular complexity index is 682. The van der Waals surface area contributed by atoms with Crippen molar-refractivity contribution in [1.82, 2.24) is 5.32 Å². The van der Waals surface area contributed by atoms with Crippen LogP contribution in [0.1, 0.15) is 26.3 Å². The van der Waals surface area contributed by atoms with Gasteiger partial charge in [-0.2, -0.15) is 0 Å². The van der Waals surface area contributed by atoms with E-state index in [0.29, 0.717) is 12.3 Å². The van der Waals surface area contributed by atoms with Crippen molar-refractivity contribution in [1.29, 1.82) is 0 Å². The summed E-state index contributed by atoms with van der Waals surface area (Å²) in [6.45, 7) is 6.10. The molecule has 0 heterocycles. The number of carbonyl (C=O) groups is 1. The summed E-state index contributed by atoms with van der Waals surface area (Å²) in [7, 11) is 1.60. The van der Waals surface area contributed by atoms with Gasteiger partial charge in [0.05, 0.1) is 13.2 Å². The summed E-state index contributed by atoms with van der Waals surface area (Å²) in [6, 6.07) is 14.8. The Labute approximate surface area is 148 Å². The van der Waals surface area contributed by atoms with Gasteiger partial charge in [0, 0.05) is 6.54 Å². The largest absolute Gasteiger partial charge is 0.497 e. The molecule has 0 radical (unpaired) electrons. The number of rotatable bonds is 8. The number of amides is 1. The van der Waals surface area contributed by atoms with Crippen LogP contribution in [-0.4, -0.2) is 25.2 Å². The van der Waals surface area contributed by atoms with Crippen molar-refractivity contribution in [3.05, 3.63) is 54.1 Å². The van der Waals surface area contributed by atoms with Crippen LogP contribution in [0, 0.1) is 0 Å². The highest BCUT2D eigenvalue weighted by atomic mass is 16.5. The molecule has 1 amide bonds. The van der Waals surface area contributed by atoms with Gasteiger partial charge in [-0.05, 0) is 62.7 Å². The maximum Gasteiger partial charge on any atom is 0.261 e. The Hall–Kier alpha value is -2.69. The minimum atomic E-state index is -0.594. The Morgan fingerprint density at radius 3 is 2.28 bits per heavy atom. The van der Waals surface area contributed by atoms with Gasteiger partial charge < -0.3 is 19.5 Å². The van der Waals surface area contributed by atoms with Crippen molar-refractivity contribution < 1.29 is 19.0 Å². The van der Waals surface area contributed by atoms with Crippen molar-refractivity contribution in [3.63, 3.8) is 0 Å². The first kappa shape index (κ1) is 18.6. The molecule has 0 aromatic heterocycles. The molecule has 0 aliphatic carbocycles. The van der Waals surface area contributed by atoms with Crippen molar-refractivity contribution >= 4 is 5.91 Å². The van der Waals surface area contributed by atoms with E-state index >= 15 is 0 Å². The van der Waals surface area contributed by atoms with Crippen LogP contribution in [0.15, 0.2) is 48.5 Å². The maximum absolute atomic E-state index is 12.2. The molecular weight excluding hydrogens is 318 g/mol.